The van der Waals surface area contributed by atoms with Gasteiger partial charge in [-0.15, -0.1) is 0 Å². The molecule has 0 aromatic carbocycles. The Morgan fingerprint density at radius 1 is 1.39 bits per heavy atom. The van der Waals surface area contributed by atoms with Gasteiger partial charge in [-0.1, -0.05) is 6.42 Å². The fraction of sp³-hybridized carbons (Fsp3) is 0.556. The third-order valence-corrected chi connectivity index (χ3v) is 5.30. The van der Waals surface area contributed by atoms with Crippen molar-refractivity contribution in [2.45, 2.75) is 45.1 Å². The molecule has 2 aromatic heterocycles. The van der Waals surface area contributed by atoms with Crippen molar-refractivity contribution in [3.05, 3.63) is 41.9 Å². The molecule has 1 unspecified atom stereocenters. The lowest BCUT2D eigenvalue weighted by molar-refractivity contribution is 0.0754. The minimum Gasteiger partial charge on any atom is -0.459 e. The first-order valence-electron chi connectivity index (χ1n) is 8.57. The Bertz CT molecular complexity index is 685. The molecule has 1 aliphatic carbocycles. The number of aryl methyl sites for hydroxylation is 1. The van der Waals surface area contributed by atoms with Crippen LogP contribution in [0.1, 0.15) is 53.7 Å². The molecule has 3 heterocycles. The molecule has 122 valence electrons. The van der Waals surface area contributed by atoms with Gasteiger partial charge in [-0.2, -0.15) is 0 Å². The maximum absolute atomic E-state index is 12.4. The second-order valence-corrected chi connectivity index (χ2v) is 6.88. The van der Waals surface area contributed by atoms with Gasteiger partial charge in [-0.05, 0) is 44.2 Å². The van der Waals surface area contributed by atoms with E-state index in [2.05, 4.69) is 16.5 Å². The quantitative estimate of drug-likeness (QED) is 0.871. The Morgan fingerprint density at radius 3 is 2.96 bits per heavy atom. The van der Waals surface area contributed by atoms with E-state index in [1.807, 2.05) is 11.1 Å². The maximum Gasteiger partial charge on any atom is 0.289 e. The van der Waals surface area contributed by atoms with Gasteiger partial charge in [0.1, 0.15) is 5.82 Å². The summed E-state index contributed by atoms with van der Waals surface area (Å²) in [6.07, 6.45) is 8.46. The molecule has 5 nitrogen and oxygen atoms in total. The Kier molecular flexibility index (Phi) is 3.71. The van der Waals surface area contributed by atoms with Crippen molar-refractivity contribution in [1.29, 1.82) is 0 Å². The number of carbonyl (C=O) groups excluding carboxylic acids is 1. The predicted octanol–water partition coefficient (Wildman–Crippen LogP) is 3.21. The van der Waals surface area contributed by atoms with E-state index < -0.39 is 0 Å². The molecule has 0 spiro atoms. The summed E-state index contributed by atoms with van der Waals surface area (Å²) in [5.74, 6) is 2.86. The zero-order valence-corrected chi connectivity index (χ0v) is 13.6. The Balaban J connectivity index is 1.43. The molecular formula is C18H23N3O2. The van der Waals surface area contributed by atoms with Gasteiger partial charge in [0.25, 0.3) is 5.91 Å². The number of carbonyl (C=O) groups is 1. The van der Waals surface area contributed by atoms with Crippen LogP contribution in [0.4, 0.5) is 0 Å². The van der Waals surface area contributed by atoms with E-state index in [1.165, 1.54) is 30.8 Å². The molecule has 2 aliphatic rings. The second kappa shape index (κ2) is 5.87. The van der Waals surface area contributed by atoms with Gasteiger partial charge in [-0.25, -0.2) is 4.98 Å². The topological polar surface area (TPSA) is 51.3 Å². The monoisotopic (exact) mass is 313 g/mol. The van der Waals surface area contributed by atoms with Gasteiger partial charge in [0.2, 0.25) is 0 Å². The molecule has 1 saturated carbocycles. The Labute approximate surface area is 136 Å². The Morgan fingerprint density at radius 2 is 2.26 bits per heavy atom. The highest BCUT2D eigenvalue weighted by Gasteiger charge is 2.30. The number of hydrogen-bond donors (Lipinski definition) is 0. The van der Waals surface area contributed by atoms with E-state index >= 15 is 0 Å². The first-order valence-corrected chi connectivity index (χ1v) is 8.57. The van der Waals surface area contributed by atoms with Crippen LogP contribution < -0.4 is 0 Å². The van der Waals surface area contributed by atoms with Gasteiger partial charge in [0.15, 0.2) is 5.76 Å². The van der Waals surface area contributed by atoms with Crippen LogP contribution in [0.5, 0.6) is 0 Å². The molecule has 0 radical (unpaired) electrons. The SMILES string of the molecule is Cc1cnc(C2CCC2)n1CC1CCN(C(=O)c2ccco2)C1. The van der Waals surface area contributed by atoms with Crippen molar-refractivity contribution in [3.63, 3.8) is 0 Å². The van der Waals surface area contributed by atoms with Crippen molar-refractivity contribution in [2.24, 2.45) is 5.92 Å². The van der Waals surface area contributed by atoms with Gasteiger partial charge in [-0.3, -0.25) is 4.79 Å². The number of furan rings is 1. The summed E-state index contributed by atoms with van der Waals surface area (Å²) in [4.78, 5) is 18.9. The molecule has 23 heavy (non-hydrogen) atoms. The summed E-state index contributed by atoms with van der Waals surface area (Å²) >= 11 is 0. The van der Waals surface area contributed by atoms with E-state index in [1.54, 1.807) is 18.4 Å². The van der Waals surface area contributed by atoms with Gasteiger partial charge >= 0.3 is 0 Å². The first kappa shape index (κ1) is 14.5. The number of nitrogens with zero attached hydrogens (tertiary/aromatic N) is 3. The average molecular weight is 313 g/mol. The van der Waals surface area contributed by atoms with Gasteiger partial charge in [0.05, 0.1) is 6.26 Å². The normalized spacial score (nSPS) is 21.6. The second-order valence-electron chi connectivity index (χ2n) is 6.88. The number of hydrogen-bond acceptors (Lipinski definition) is 3. The van der Waals surface area contributed by atoms with Crippen LogP contribution in [0, 0.1) is 12.8 Å². The van der Waals surface area contributed by atoms with E-state index in [-0.39, 0.29) is 5.91 Å². The maximum atomic E-state index is 12.4. The minimum absolute atomic E-state index is 0.0130. The van der Waals surface area contributed by atoms with Crippen LogP contribution in [0.15, 0.2) is 29.0 Å². The van der Waals surface area contributed by atoms with Crippen molar-refractivity contribution in [3.8, 4) is 0 Å². The fourth-order valence-electron chi connectivity index (χ4n) is 3.69. The smallest absolute Gasteiger partial charge is 0.289 e. The van der Waals surface area contributed by atoms with Crippen molar-refractivity contribution < 1.29 is 9.21 Å². The molecular weight excluding hydrogens is 290 g/mol. The number of imidazole rings is 1. The van der Waals surface area contributed by atoms with Crippen LogP contribution in [0.25, 0.3) is 0 Å². The van der Waals surface area contributed by atoms with Crippen LogP contribution >= 0.6 is 0 Å². The molecule has 1 saturated heterocycles. The number of aromatic nitrogens is 2. The number of rotatable bonds is 4. The molecule has 2 fully saturated rings. The Hall–Kier alpha value is -2.04. The summed E-state index contributed by atoms with van der Waals surface area (Å²) in [5.41, 5.74) is 1.24. The summed E-state index contributed by atoms with van der Waals surface area (Å²) in [6.45, 7) is 4.73. The third-order valence-electron chi connectivity index (χ3n) is 5.30. The minimum atomic E-state index is 0.0130. The standard InChI is InChI=1S/C18H23N3O2/c1-13-10-19-17(15-4-2-5-15)21(13)12-14-7-8-20(11-14)18(22)16-6-3-9-23-16/h3,6,9-10,14-15H,2,4-5,7-8,11-12H2,1H3. The number of likely N-dealkylation sites (tertiary alicyclic amines) is 1. The van der Waals surface area contributed by atoms with E-state index in [0.717, 1.165) is 26.1 Å². The fourth-order valence-corrected chi connectivity index (χ4v) is 3.69. The zero-order chi connectivity index (χ0) is 15.8. The lowest BCUT2D eigenvalue weighted by Gasteiger charge is -2.27. The highest BCUT2D eigenvalue weighted by atomic mass is 16.3. The highest BCUT2D eigenvalue weighted by Crippen LogP contribution is 2.36. The summed E-state index contributed by atoms with van der Waals surface area (Å²) < 4.78 is 7.62. The third kappa shape index (κ3) is 2.69. The van der Waals surface area contributed by atoms with E-state index in [4.69, 9.17) is 4.42 Å². The van der Waals surface area contributed by atoms with Crippen LogP contribution in [0.3, 0.4) is 0 Å². The molecule has 1 aliphatic heterocycles. The van der Waals surface area contributed by atoms with Crippen molar-refractivity contribution >= 4 is 5.91 Å². The predicted molar refractivity (Wildman–Crippen MR) is 86.3 cm³/mol. The molecule has 1 atom stereocenters. The summed E-state index contributed by atoms with van der Waals surface area (Å²) in [5, 5.41) is 0. The van der Waals surface area contributed by atoms with E-state index in [9.17, 15) is 4.79 Å². The van der Waals surface area contributed by atoms with E-state index in [0.29, 0.717) is 17.6 Å². The van der Waals surface area contributed by atoms with Crippen molar-refractivity contribution in [1.82, 2.24) is 14.5 Å². The largest absolute Gasteiger partial charge is 0.459 e. The molecule has 4 rings (SSSR count). The average Bonchev–Trinajstić information content (AvgIpc) is 3.22. The van der Waals surface area contributed by atoms with Crippen LogP contribution in [-0.2, 0) is 6.54 Å². The highest BCUT2D eigenvalue weighted by molar-refractivity contribution is 5.91. The number of amides is 1. The van der Waals surface area contributed by atoms with Crippen LogP contribution in [-0.4, -0.2) is 33.4 Å². The molecule has 1 amide bonds. The molecule has 5 heteroatoms. The first-order chi connectivity index (χ1) is 11.2. The molecule has 0 N–H and O–H groups in total. The summed E-state index contributed by atoms with van der Waals surface area (Å²) in [6, 6.07) is 3.50. The lowest BCUT2D eigenvalue weighted by Crippen LogP contribution is -2.29. The summed E-state index contributed by atoms with van der Waals surface area (Å²) in [7, 11) is 0. The lowest BCUT2D eigenvalue weighted by atomic mass is 9.84. The molecule has 0 bridgehead atoms. The zero-order valence-electron chi connectivity index (χ0n) is 13.6. The van der Waals surface area contributed by atoms with Gasteiger partial charge in [0, 0.05) is 37.4 Å². The van der Waals surface area contributed by atoms with Crippen LogP contribution in [0.2, 0.25) is 0 Å². The molecule has 2 aromatic rings. The van der Waals surface area contributed by atoms with Crippen molar-refractivity contribution in [2.75, 3.05) is 13.1 Å². The van der Waals surface area contributed by atoms with Gasteiger partial charge < -0.3 is 13.9 Å².